The van der Waals surface area contributed by atoms with E-state index in [4.69, 9.17) is 21.1 Å². The first-order valence-corrected chi connectivity index (χ1v) is 5.92. The molecule has 0 radical (unpaired) electrons. The van der Waals surface area contributed by atoms with E-state index in [1.54, 1.807) is 12.1 Å². The van der Waals surface area contributed by atoms with Crippen LogP contribution in [0.25, 0.3) is 0 Å². The predicted octanol–water partition coefficient (Wildman–Crippen LogP) is 1.91. The molecule has 0 bridgehead atoms. The Balaban J connectivity index is 2.87. The second-order valence-electron chi connectivity index (χ2n) is 3.52. The summed E-state index contributed by atoms with van der Waals surface area (Å²) in [6, 6.07) is 3.23. The Morgan fingerprint density at radius 3 is 2.50 bits per heavy atom. The van der Waals surface area contributed by atoms with Gasteiger partial charge in [-0.05, 0) is 12.6 Å². The first-order valence-electron chi connectivity index (χ1n) is 5.54. The number of halogens is 1. The third kappa shape index (κ3) is 3.78. The summed E-state index contributed by atoms with van der Waals surface area (Å²) >= 11 is 6.00. The van der Waals surface area contributed by atoms with Crippen LogP contribution >= 0.6 is 11.6 Å². The van der Waals surface area contributed by atoms with Gasteiger partial charge in [0.15, 0.2) is 0 Å². The number of anilines is 1. The highest BCUT2D eigenvalue weighted by atomic mass is 35.5. The highest BCUT2D eigenvalue weighted by molar-refractivity contribution is 6.32. The fraction of sp³-hybridized carbons (Fsp3) is 0.417. The van der Waals surface area contributed by atoms with Gasteiger partial charge in [0.1, 0.15) is 11.5 Å². The highest BCUT2D eigenvalue weighted by Crippen LogP contribution is 2.35. The number of carbonyl (C=O) groups is 1. The zero-order valence-corrected chi connectivity index (χ0v) is 11.4. The maximum absolute atomic E-state index is 11.6. The Labute approximate surface area is 111 Å². The van der Waals surface area contributed by atoms with Crippen LogP contribution in [0.5, 0.6) is 11.5 Å². The molecule has 18 heavy (non-hydrogen) atoms. The third-order valence-electron chi connectivity index (χ3n) is 2.28. The topological polar surface area (TPSA) is 59.6 Å². The zero-order chi connectivity index (χ0) is 13.5. The molecule has 1 amide bonds. The molecule has 0 aliphatic rings. The molecular weight excluding hydrogens is 256 g/mol. The molecule has 0 unspecified atom stereocenters. The molecule has 0 heterocycles. The monoisotopic (exact) mass is 272 g/mol. The maximum atomic E-state index is 11.6. The van der Waals surface area contributed by atoms with Crippen LogP contribution in [-0.2, 0) is 4.79 Å². The summed E-state index contributed by atoms with van der Waals surface area (Å²) in [5, 5.41) is 6.07. The molecule has 0 aliphatic carbocycles. The van der Waals surface area contributed by atoms with Crippen LogP contribution in [-0.4, -0.2) is 33.2 Å². The molecule has 0 aliphatic heterocycles. The SMILES string of the molecule is CCNCC(=O)Nc1cc(Cl)c(OC)cc1OC. The molecule has 1 rings (SSSR count). The molecule has 1 aromatic rings. The van der Waals surface area contributed by atoms with E-state index in [1.807, 2.05) is 6.92 Å². The fourth-order valence-electron chi connectivity index (χ4n) is 1.39. The Hall–Kier alpha value is -1.46. The van der Waals surface area contributed by atoms with Crippen molar-refractivity contribution < 1.29 is 14.3 Å². The van der Waals surface area contributed by atoms with Gasteiger partial charge in [-0.25, -0.2) is 0 Å². The normalized spacial score (nSPS) is 10.0. The molecule has 0 spiro atoms. The van der Waals surface area contributed by atoms with Crippen LogP contribution in [0.15, 0.2) is 12.1 Å². The molecule has 5 nitrogen and oxygen atoms in total. The summed E-state index contributed by atoms with van der Waals surface area (Å²) in [5.41, 5.74) is 0.520. The highest BCUT2D eigenvalue weighted by Gasteiger charge is 2.12. The smallest absolute Gasteiger partial charge is 0.238 e. The lowest BCUT2D eigenvalue weighted by Gasteiger charge is -2.13. The van der Waals surface area contributed by atoms with Gasteiger partial charge in [0, 0.05) is 6.07 Å². The van der Waals surface area contributed by atoms with E-state index in [1.165, 1.54) is 14.2 Å². The molecule has 0 fully saturated rings. The van der Waals surface area contributed by atoms with Gasteiger partial charge in [-0.3, -0.25) is 4.79 Å². The van der Waals surface area contributed by atoms with Gasteiger partial charge < -0.3 is 20.1 Å². The van der Waals surface area contributed by atoms with Crippen molar-refractivity contribution in [1.29, 1.82) is 0 Å². The Morgan fingerprint density at radius 2 is 1.94 bits per heavy atom. The number of rotatable bonds is 6. The van der Waals surface area contributed by atoms with Crippen molar-refractivity contribution in [2.45, 2.75) is 6.92 Å². The quantitative estimate of drug-likeness (QED) is 0.830. The van der Waals surface area contributed by atoms with Gasteiger partial charge in [0.05, 0.1) is 31.5 Å². The number of carbonyl (C=O) groups excluding carboxylic acids is 1. The van der Waals surface area contributed by atoms with E-state index >= 15 is 0 Å². The average Bonchev–Trinajstić information content (AvgIpc) is 2.36. The van der Waals surface area contributed by atoms with E-state index < -0.39 is 0 Å². The van der Waals surface area contributed by atoms with Crippen LogP contribution in [0.1, 0.15) is 6.92 Å². The van der Waals surface area contributed by atoms with Crippen LogP contribution in [0.3, 0.4) is 0 Å². The predicted molar refractivity (Wildman–Crippen MR) is 71.7 cm³/mol. The molecule has 2 N–H and O–H groups in total. The molecule has 0 saturated carbocycles. The van der Waals surface area contributed by atoms with Gasteiger partial charge in [-0.15, -0.1) is 0 Å². The van der Waals surface area contributed by atoms with Gasteiger partial charge >= 0.3 is 0 Å². The minimum atomic E-state index is -0.156. The minimum absolute atomic E-state index is 0.156. The summed E-state index contributed by atoms with van der Waals surface area (Å²) in [4.78, 5) is 11.6. The lowest BCUT2D eigenvalue weighted by Crippen LogP contribution is -2.27. The van der Waals surface area contributed by atoms with Crippen molar-refractivity contribution in [3.63, 3.8) is 0 Å². The van der Waals surface area contributed by atoms with Crippen molar-refractivity contribution in [3.8, 4) is 11.5 Å². The number of benzene rings is 1. The standard InChI is InChI=1S/C12H17ClN2O3/c1-4-14-7-12(16)15-9-5-8(13)10(17-2)6-11(9)18-3/h5-6,14H,4,7H2,1-3H3,(H,15,16). The first kappa shape index (κ1) is 14.6. The molecule has 0 saturated heterocycles. The first-order chi connectivity index (χ1) is 8.62. The Bertz CT molecular complexity index is 424. The Kier molecular flexibility index (Phi) is 5.74. The van der Waals surface area contributed by atoms with Crippen molar-refractivity contribution in [3.05, 3.63) is 17.2 Å². The van der Waals surface area contributed by atoms with Crippen LogP contribution in [0.2, 0.25) is 5.02 Å². The van der Waals surface area contributed by atoms with Crippen molar-refractivity contribution in [1.82, 2.24) is 5.32 Å². The van der Waals surface area contributed by atoms with Crippen molar-refractivity contribution >= 4 is 23.2 Å². The lowest BCUT2D eigenvalue weighted by molar-refractivity contribution is -0.115. The third-order valence-corrected chi connectivity index (χ3v) is 2.58. The number of nitrogens with one attached hydrogen (secondary N) is 2. The van der Waals surface area contributed by atoms with Crippen molar-refractivity contribution in [2.75, 3.05) is 32.6 Å². The summed E-state index contributed by atoms with van der Waals surface area (Å²) in [5.74, 6) is 0.843. The van der Waals surface area contributed by atoms with Crippen LogP contribution in [0, 0.1) is 0 Å². The van der Waals surface area contributed by atoms with E-state index in [-0.39, 0.29) is 12.5 Å². The van der Waals surface area contributed by atoms with Crippen molar-refractivity contribution in [2.24, 2.45) is 0 Å². The van der Waals surface area contributed by atoms with Gasteiger partial charge in [-0.1, -0.05) is 18.5 Å². The Morgan fingerprint density at radius 1 is 1.28 bits per heavy atom. The second kappa shape index (κ2) is 7.08. The number of methoxy groups -OCH3 is 2. The van der Waals surface area contributed by atoms with E-state index in [9.17, 15) is 4.79 Å². The van der Waals surface area contributed by atoms with Crippen LogP contribution < -0.4 is 20.1 Å². The molecule has 100 valence electrons. The zero-order valence-electron chi connectivity index (χ0n) is 10.7. The van der Waals surface area contributed by atoms with E-state index in [2.05, 4.69) is 10.6 Å². The molecular formula is C12H17ClN2O3. The summed E-state index contributed by atoms with van der Waals surface area (Å²) in [7, 11) is 3.03. The molecule has 0 atom stereocenters. The van der Waals surface area contributed by atoms with Gasteiger partial charge in [0.25, 0.3) is 0 Å². The number of hydrogen-bond acceptors (Lipinski definition) is 4. The summed E-state index contributed by atoms with van der Waals surface area (Å²) < 4.78 is 10.2. The number of hydrogen-bond donors (Lipinski definition) is 2. The number of ether oxygens (including phenoxy) is 2. The molecule has 0 aromatic heterocycles. The van der Waals surface area contributed by atoms with Gasteiger partial charge in [0.2, 0.25) is 5.91 Å². The maximum Gasteiger partial charge on any atom is 0.238 e. The largest absolute Gasteiger partial charge is 0.495 e. The average molecular weight is 273 g/mol. The van der Waals surface area contributed by atoms with E-state index in [0.717, 1.165) is 6.54 Å². The summed E-state index contributed by atoms with van der Waals surface area (Å²) in [6.45, 7) is 2.90. The van der Waals surface area contributed by atoms with Crippen LogP contribution in [0.4, 0.5) is 5.69 Å². The second-order valence-corrected chi connectivity index (χ2v) is 3.92. The number of amides is 1. The molecule has 1 aromatic carbocycles. The number of likely N-dealkylation sites (N-methyl/N-ethyl adjacent to an activating group) is 1. The lowest BCUT2D eigenvalue weighted by atomic mass is 10.2. The molecule has 6 heteroatoms. The fourth-order valence-corrected chi connectivity index (χ4v) is 1.63. The van der Waals surface area contributed by atoms with E-state index in [0.29, 0.717) is 22.2 Å². The van der Waals surface area contributed by atoms with Gasteiger partial charge in [-0.2, -0.15) is 0 Å². The summed E-state index contributed by atoms with van der Waals surface area (Å²) in [6.07, 6.45) is 0. The minimum Gasteiger partial charge on any atom is -0.495 e.